The molecule has 0 bridgehead atoms. The van der Waals surface area contributed by atoms with Crippen molar-refractivity contribution < 1.29 is 14.3 Å². The Balaban J connectivity index is 1.61. The maximum atomic E-state index is 12.8. The highest BCUT2D eigenvalue weighted by molar-refractivity contribution is 6.02. The molecule has 8 heteroatoms. The zero-order valence-corrected chi connectivity index (χ0v) is 17.9. The molecule has 0 saturated carbocycles. The van der Waals surface area contributed by atoms with Crippen LogP contribution in [0.3, 0.4) is 0 Å². The normalized spacial score (nSPS) is 15.6. The molecule has 2 N–H and O–H groups in total. The fraction of sp³-hybridized carbons (Fsp3) is 0.571. The van der Waals surface area contributed by atoms with Crippen LogP contribution in [-0.2, 0) is 4.74 Å². The highest BCUT2D eigenvalue weighted by atomic mass is 16.6. The second-order valence-corrected chi connectivity index (χ2v) is 8.82. The van der Waals surface area contributed by atoms with Crippen molar-refractivity contribution in [1.82, 2.24) is 19.7 Å². The van der Waals surface area contributed by atoms with Crippen LogP contribution in [-0.4, -0.2) is 50.4 Å². The van der Waals surface area contributed by atoms with E-state index < -0.39 is 5.60 Å². The number of likely N-dealkylation sites (tertiary alicyclic amines) is 1. The van der Waals surface area contributed by atoms with Gasteiger partial charge in [-0.3, -0.25) is 9.89 Å². The third kappa shape index (κ3) is 5.19. The Morgan fingerprint density at radius 1 is 1.28 bits per heavy atom. The summed E-state index contributed by atoms with van der Waals surface area (Å²) in [6.07, 6.45) is 3.19. The highest BCUT2D eigenvalue weighted by Gasteiger charge is 2.28. The first-order valence-electron chi connectivity index (χ1n) is 10.2. The van der Waals surface area contributed by atoms with Crippen LogP contribution in [0.2, 0.25) is 0 Å². The molecule has 2 aromatic heterocycles. The lowest BCUT2D eigenvalue weighted by Crippen LogP contribution is -2.42. The lowest BCUT2D eigenvalue weighted by Gasteiger charge is -2.34. The molecule has 0 aliphatic carbocycles. The first kappa shape index (κ1) is 21.0. The molecule has 0 aromatic carbocycles. The summed E-state index contributed by atoms with van der Waals surface area (Å²) in [7, 11) is 0. The Bertz CT molecular complexity index is 854. The van der Waals surface area contributed by atoms with Crippen molar-refractivity contribution in [3.05, 3.63) is 35.8 Å². The molecule has 2 aromatic rings. The molecule has 1 aliphatic rings. The molecule has 8 nitrogen and oxygen atoms in total. The number of amides is 2. The van der Waals surface area contributed by atoms with Crippen molar-refractivity contribution >= 4 is 17.8 Å². The number of hydrogen-bond acceptors (Lipinski definition) is 4. The standard InChI is InChI=1S/C21H31N5O3/c1-14(2)16-13-18(24-23-16)22-19(27)17-7-6-10-26(17)15-8-11-25(12-9-15)20(28)29-21(3,4)5/h6-7,10,13-15H,8-9,11-12H2,1-5H3,(H2,22,23,24,27). The Kier molecular flexibility index (Phi) is 6.00. The van der Waals surface area contributed by atoms with Crippen LogP contribution in [0.15, 0.2) is 24.4 Å². The molecule has 1 aliphatic heterocycles. The van der Waals surface area contributed by atoms with Gasteiger partial charge in [-0.2, -0.15) is 5.10 Å². The van der Waals surface area contributed by atoms with Crippen LogP contribution in [0.25, 0.3) is 0 Å². The van der Waals surface area contributed by atoms with E-state index in [-0.39, 0.29) is 18.0 Å². The molecule has 0 atom stereocenters. The molecule has 0 unspecified atom stereocenters. The highest BCUT2D eigenvalue weighted by Crippen LogP contribution is 2.26. The maximum Gasteiger partial charge on any atom is 0.410 e. The van der Waals surface area contributed by atoms with Crippen molar-refractivity contribution in [3.8, 4) is 0 Å². The molecular weight excluding hydrogens is 370 g/mol. The number of anilines is 1. The molecule has 158 valence electrons. The van der Waals surface area contributed by atoms with Crippen molar-refractivity contribution in [3.63, 3.8) is 0 Å². The predicted molar refractivity (Wildman–Crippen MR) is 111 cm³/mol. The fourth-order valence-electron chi connectivity index (χ4n) is 3.43. The van der Waals surface area contributed by atoms with E-state index in [4.69, 9.17) is 4.74 Å². The minimum Gasteiger partial charge on any atom is -0.444 e. The lowest BCUT2D eigenvalue weighted by atomic mass is 10.0. The Labute approximate surface area is 171 Å². The number of piperidine rings is 1. The zero-order chi connectivity index (χ0) is 21.2. The molecule has 2 amide bonds. The quantitative estimate of drug-likeness (QED) is 0.805. The number of nitrogens with zero attached hydrogens (tertiary/aromatic N) is 3. The Morgan fingerprint density at radius 2 is 1.97 bits per heavy atom. The van der Waals surface area contributed by atoms with Crippen LogP contribution in [0, 0.1) is 0 Å². The van der Waals surface area contributed by atoms with Gasteiger partial charge in [0, 0.05) is 37.1 Å². The number of nitrogens with one attached hydrogen (secondary N) is 2. The summed E-state index contributed by atoms with van der Waals surface area (Å²) in [5, 5.41) is 9.97. The van der Waals surface area contributed by atoms with Crippen molar-refractivity contribution in [1.29, 1.82) is 0 Å². The van der Waals surface area contributed by atoms with Crippen molar-refractivity contribution in [2.75, 3.05) is 18.4 Å². The van der Waals surface area contributed by atoms with Gasteiger partial charge in [0.2, 0.25) is 0 Å². The second kappa shape index (κ2) is 8.31. The topological polar surface area (TPSA) is 92.2 Å². The predicted octanol–water partition coefficient (Wildman–Crippen LogP) is 4.16. The number of H-pyrrole nitrogens is 1. The number of carbonyl (C=O) groups is 2. The first-order valence-corrected chi connectivity index (χ1v) is 10.2. The van der Waals surface area contributed by atoms with E-state index in [9.17, 15) is 9.59 Å². The number of aromatic nitrogens is 3. The van der Waals surface area contributed by atoms with Gasteiger partial charge in [-0.15, -0.1) is 0 Å². The average Bonchev–Trinajstić information content (AvgIpc) is 3.30. The second-order valence-electron chi connectivity index (χ2n) is 8.82. The Morgan fingerprint density at radius 3 is 2.55 bits per heavy atom. The van der Waals surface area contributed by atoms with Crippen molar-refractivity contribution in [2.24, 2.45) is 0 Å². The Hall–Kier alpha value is -2.77. The zero-order valence-electron chi connectivity index (χ0n) is 17.9. The minimum atomic E-state index is -0.499. The van der Waals surface area contributed by atoms with E-state index in [1.54, 1.807) is 4.90 Å². The summed E-state index contributed by atoms with van der Waals surface area (Å²) in [6, 6.07) is 5.70. The van der Waals surface area contributed by atoms with Crippen LogP contribution < -0.4 is 5.32 Å². The van der Waals surface area contributed by atoms with E-state index >= 15 is 0 Å². The number of carbonyl (C=O) groups excluding carboxylic acids is 2. The summed E-state index contributed by atoms with van der Waals surface area (Å²) in [6.45, 7) is 10.9. The molecule has 0 radical (unpaired) electrons. The summed E-state index contributed by atoms with van der Waals surface area (Å²) in [5.41, 5.74) is 1.07. The van der Waals surface area contributed by atoms with Crippen LogP contribution in [0.4, 0.5) is 10.6 Å². The monoisotopic (exact) mass is 401 g/mol. The van der Waals surface area contributed by atoms with E-state index in [0.29, 0.717) is 30.5 Å². The number of rotatable bonds is 4. The third-order valence-electron chi connectivity index (χ3n) is 4.98. The fourth-order valence-corrected chi connectivity index (χ4v) is 3.43. The molecular formula is C21H31N5O3. The van der Waals surface area contributed by atoms with Crippen LogP contribution in [0.1, 0.15) is 75.6 Å². The van der Waals surface area contributed by atoms with Gasteiger partial charge in [0.05, 0.1) is 0 Å². The van der Waals surface area contributed by atoms with Crippen molar-refractivity contribution in [2.45, 2.75) is 65.0 Å². The number of ether oxygens (including phenoxy) is 1. The van der Waals surface area contributed by atoms with Gasteiger partial charge in [-0.05, 0) is 51.7 Å². The van der Waals surface area contributed by atoms with Crippen LogP contribution in [0.5, 0.6) is 0 Å². The largest absolute Gasteiger partial charge is 0.444 e. The van der Waals surface area contributed by atoms with E-state index in [2.05, 4.69) is 29.4 Å². The summed E-state index contributed by atoms with van der Waals surface area (Å²) in [5.74, 6) is 0.643. The SMILES string of the molecule is CC(C)c1cc(NC(=O)c2cccn2C2CCN(C(=O)OC(C)(C)C)CC2)n[nH]1. The smallest absolute Gasteiger partial charge is 0.410 e. The van der Waals surface area contributed by atoms with E-state index in [1.807, 2.05) is 49.7 Å². The summed E-state index contributed by atoms with van der Waals surface area (Å²) < 4.78 is 7.45. The van der Waals surface area contributed by atoms with E-state index in [1.165, 1.54) is 0 Å². The average molecular weight is 402 g/mol. The molecule has 1 fully saturated rings. The molecule has 3 heterocycles. The number of aromatic amines is 1. The van der Waals surface area contributed by atoms with E-state index in [0.717, 1.165) is 18.5 Å². The van der Waals surface area contributed by atoms with Gasteiger partial charge in [0.15, 0.2) is 5.82 Å². The third-order valence-corrected chi connectivity index (χ3v) is 4.98. The van der Waals surface area contributed by atoms with Gasteiger partial charge in [-0.25, -0.2) is 4.79 Å². The molecule has 1 saturated heterocycles. The summed E-state index contributed by atoms with van der Waals surface area (Å²) in [4.78, 5) is 26.8. The van der Waals surface area contributed by atoms with Gasteiger partial charge >= 0.3 is 6.09 Å². The molecule has 0 spiro atoms. The molecule has 3 rings (SSSR count). The maximum absolute atomic E-state index is 12.8. The minimum absolute atomic E-state index is 0.162. The van der Waals surface area contributed by atoms with Crippen LogP contribution >= 0.6 is 0 Å². The van der Waals surface area contributed by atoms with Gasteiger partial charge in [0.1, 0.15) is 11.3 Å². The first-order chi connectivity index (χ1) is 13.6. The van der Waals surface area contributed by atoms with Gasteiger partial charge in [0.25, 0.3) is 5.91 Å². The number of hydrogen-bond donors (Lipinski definition) is 2. The lowest BCUT2D eigenvalue weighted by molar-refractivity contribution is 0.0187. The van der Waals surface area contributed by atoms with Gasteiger partial charge in [-0.1, -0.05) is 13.8 Å². The van der Waals surface area contributed by atoms with Gasteiger partial charge < -0.3 is 19.5 Å². The molecule has 29 heavy (non-hydrogen) atoms. The summed E-state index contributed by atoms with van der Waals surface area (Å²) >= 11 is 0.